The molecule has 2 heterocycles. The number of para-hydroxylation sites is 1. The highest BCUT2D eigenvalue weighted by atomic mass is 35.5. The number of piperidine rings is 1. The molecule has 1 saturated heterocycles. The summed E-state index contributed by atoms with van der Waals surface area (Å²) >= 11 is 6.00. The van der Waals surface area contributed by atoms with E-state index in [1.54, 1.807) is 0 Å². The Kier molecular flexibility index (Phi) is 4.98. The van der Waals surface area contributed by atoms with Crippen LogP contribution in [-0.2, 0) is 17.8 Å². The SMILES string of the molecule is O=C(Cc1cn(Cc2ccc(Cl)cc2)c2ccccc12)N1CCCCC1. The summed E-state index contributed by atoms with van der Waals surface area (Å²) in [7, 11) is 0. The number of nitrogens with zero attached hydrogens (tertiary/aromatic N) is 2. The predicted octanol–water partition coefficient (Wildman–Crippen LogP) is 4.90. The van der Waals surface area contributed by atoms with Crippen LogP contribution in [0, 0.1) is 0 Å². The molecular formula is C22H23ClN2O. The van der Waals surface area contributed by atoms with Gasteiger partial charge in [0.1, 0.15) is 0 Å². The van der Waals surface area contributed by atoms with E-state index in [4.69, 9.17) is 11.6 Å². The maximum Gasteiger partial charge on any atom is 0.227 e. The van der Waals surface area contributed by atoms with Crippen molar-refractivity contribution in [2.45, 2.75) is 32.2 Å². The number of aromatic nitrogens is 1. The molecule has 0 aliphatic carbocycles. The lowest BCUT2D eigenvalue weighted by molar-refractivity contribution is -0.131. The van der Waals surface area contributed by atoms with Gasteiger partial charge in [-0.25, -0.2) is 0 Å². The molecule has 3 aromatic rings. The molecule has 1 aliphatic rings. The Bertz CT molecular complexity index is 908. The van der Waals surface area contributed by atoms with Gasteiger partial charge >= 0.3 is 0 Å². The van der Waals surface area contributed by atoms with Crippen molar-refractivity contribution >= 4 is 28.4 Å². The quantitative estimate of drug-likeness (QED) is 0.644. The van der Waals surface area contributed by atoms with Crippen molar-refractivity contribution in [2.75, 3.05) is 13.1 Å². The van der Waals surface area contributed by atoms with Crippen molar-refractivity contribution < 1.29 is 4.79 Å². The van der Waals surface area contributed by atoms with Gasteiger partial charge in [0.15, 0.2) is 0 Å². The minimum absolute atomic E-state index is 0.249. The Balaban J connectivity index is 1.61. The predicted molar refractivity (Wildman–Crippen MR) is 107 cm³/mol. The minimum atomic E-state index is 0.249. The van der Waals surface area contributed by atoms with Crippen LogP contribution < -0.4 is 0 Å². The highest BCUT2D eigenvalue weighted by molar-refractivity contribution is 6.30. The Morgan fingerprint density at radius 2 is 1.69 bits per heavy atom. The number of carbonyl (C=O) groups excluding carboxylic acids is 1. The summed E-state index contributed by atoms with van der Waals surface area (Å²) < 4.78 is 2.23. The number of likely N-dealkylation sites (tertiary alicyclic amines) is 1. The monoisotopic (exact) mass is 366 g/mol. The Hall–Kier alpha value is -2.26. The van der Waals surface area contributed by atoms with Crippen molar-refractivity contribution in [3.05, 3.63) is 70.9 Å². The standard InChI is InChI=1S/C22H23ClN2O/c23-19-10-8-17(9-11-19)15-25-16-18(20-6-2-3-7-21(20)25)14-22(26)24-12-4-1-5-13-24/h2-3,6-11,16H,1,4-5,12-15H2. The summed E-state index contributed by atoms with van der Waals surface area (Å²) in [6, 6.07) is 16.3. The Morgan fingerprint density at radius 3 is 2.46 bits per heavy atom. The van der Waals surface area contributed by atoms with E-state index in [1.165, 1.54) is 22.9 Å². The molecule has 0 atom stereocenters. The van der Waals surface area contributed by atoms with Gasteiger partial charge in [0, 0.05) is 41.8 Å². The molecule has 0 saturated carbocycles. The summed E-state index contributed by atoms with van der Waals surface area (Å²) in [6.07, 6.45) is 6.12. The second-order valence-electron chi connectivity index (χ2n) is 7.04. The fourth-order valence-electron chi connectivity index (χ4n) is 3.80. The number of benzene rings is 2. The topological polar surface area (TPSA) is 25.2 Å². The molecule has 4 rings (SSSR count). The fraction of sp³-hybridized carbons (Fsp3) is 0.318. The zero-order chi connectivity index (χ0) is 17.9. The molecule has 134 valence electrons. The van der Waals surface area contributed by atoms with E-state index in [2.05, 4.69) is 41.1 Å². The lowest BCUT2D eigenvalue weighted by atomic mass is 10.1. The van der Waals surface area contributed by atoms with Crippen molar-refractivity contribution in [3.8, 4) is 0 Å². The molecule has 0 N–H and O–H groups in total. The smallest absolute Gasteiger partial charge is 0.227 e. The van der Waals surface area contributed by atoms with E-state index >= 15 is 0 Å². The average molecular weight is 367 g/mol. The molecule has 4 heteroatoms. The third-order valence-corrected chi connectivity index (χ3v) is 5.44. The second kappa shape index (κ2) is 7.55. The summed E-state index contributed by atoms with van der Waals surface area (Å²) in [5.74, 6) is 0.249. The number of halogens is 1. The van der Waals surface area contributed by atoms with Crippen molar-refractivity contribution in [2.24, 2.45) is 0 Å². The van der Waals surface area contributed by atoms with Gasteiger partial charge < -0.3 is 9.47 Å². The zero-order valence-corrected chi connectivity index (χ0v) is 15.6. The largest absolute Gasteiger partial charge is 0.343 e. The number of rotatable bonds is 4. The van der Waals surface area contributed by atoms with Crippen LogP contribution in [0.1, 0.15) is 30.4 Å². The maximum atomic E-state index is 12.7. The third-order valence-electron chi connectivity index (χ3n) is 5.19. The maximum absolute atomic E-state index is 12.7. The second-order valence-corrected chi connectivity index (χ2v) is 7.48. The van der Waals surface area contributed by atoms with E-state index in [1.807, 2.05) is 23.1 Å². The molecule has 2 aromatic carbocycles. The first-order valence-corrected chi connectivity index (χ1v) is 9.67. The lowest BCUT2D eigenvalue weighted by Crippen LogP contribution is -2.36. The molecule has 1 aliphatic heterocycles. The molecule has 3 nitrogen and oxygen atoms in total. The number of hydrogen-bond donors (Lipinski definition) is 0. The van der Waals surface area contributed by atoms with Crippen molar-refractivity contribution in [1.29, 1.82) is 0 Å². The van der Waals surface area contributed by atoms with Crippen LogP contribution in [0.2, 0.25) is 5.02 Å². The van der Waals surface area contributed by atoms with Gasteiger partial charge in [0.05, 0.1) is 6.42 Å². The minimum Gasteiger partial charge on any atom is -0.343 e. The van der Waals surface area contributed by atoms with Crippen LogP contribution in [0.15, 0.2) is 54.7 Å². The first-order chi connectivity index (χ1) is 12.7. The van der Waals surface area contributed by atoms with Crippen LogP contribution in [0.25, 0.3) is 10.9 Å². The molecule has 0 unspecified atom stereocenters. The molecule has 1 aromatic heterocycles. The molecule has 1 amide bonds. The summed E-state index contributed by atoms with van der Waals surface area (Å²) in [5, 5.41) is 1.92. The molecule has 1 fully saturated rings. The highest BCUT2D eigenvalue weighted by Crippen LogP contribution is 2.24. The molecule has 0 bridgehead atoms. The average Bonchev–Trinajstić information content (AvgIpc) is 3.02. The first kappa shape index (κ1) is 17.2. The molecule has 0 radical (unpaired) electrons. The molecular weight excluding hydrogens is 344 g/mol. The number of amides is 1. The van der Waals surface area contributed by atoms with E-state index in [-0.39, 0.29) is 5.91 Å². The van der Waals surface area contributed by atoms with Gasteiger partial charge in [0.25, 0.3) is 0 Å². The van der Waals surface area contributed by atoms with Crippen LogP contribution >= 0.6 is 11.6 Å². The van der Waals surface area contributed by atoms with Crippen LogP contribution in [0.5, 0.6) is 0 Å². The van der Waals surface area contributed by atoms with E-state index in [9.17, 15) is 4.79 Å². The van der Waals surface area contributed by atoms with Gasteiger partial charge in [-0.05, 0) is 48.6 Å². The first-order valence-electron chi connectivity index (χ1n) is 9.30. The van der Waals surface area contributed by atoms with Crippen LogP contribution in [0.4, 0.5) is 0 Å². The summed E-state index contributed by atoms with van der Waals surface area (Å²) in [6.45, 7) is 2.58. The van der Waals surface area contributed by atoms with E-state index in [0.717, 1.165) is 43.1 Å². The van der Waals surface area contributed by atoms with E-state index < -0.39 is 0 Å². The van der Waals surface area contributed by atoms with Crippen molar-refractivity contribution in [1.82, 2.24) is 9.47 Å². The van der Waals surface area contributed by atoms with Gasteiger partial charge in [-0.15, -0.1) is 0 Å². The van der Waals surface area contributed by atoms with Crippen molar-refractivity contribution in [3.63, 3.8) is 0 Å². The number of carbonyl (C=O) groups is 1. The Morgan fingerprint density at radius 1 is 0.962 bits per heavy atom. The van der Waals surface area contributed by atoms with Crippen LogP contribution in [-0.4, -0.2) is 28.5 Å². The van der Waals surface area contributed by atoms with Gasteiger partial charge in [-0.1, -0.05) is 41.9 Å². The third kappa shape index (κ3) is 3.63. The van der Waals surface area contributed by atoms with Gasteiger partial charge in [-0.3, -0.25) is 4.79 Å². The van der Waals surface area contributed by atoms with Gasteiger partial charge in [-0.2, -0.15) is 0 Å². The Labute approximate surface area is 159 Å². The lowest BCUT2D eigenvalue weighted by Gasteiger charge is -2.26. The molecule has 0 spiro atoms. The van der Waals surface area contributed by atoms with Gasteiger partial charge in [0.2, 0.25) is 5.91 Å². The summed E-state index contributed by atoms with van der Waals surface area (Å²) in [4.78, 5) is 14.7. The highest BCUT2D eigenvalue weighted by Gasteiger charge is 2.19. The molecule has 26 heavy (non-hydrogen) atoms. The normalized spacial score (nSPS) is 14.7. The summed E-state index contributed by atoms with van der Waals surface area (Å²) in [5.41, 5.74) is 3.48. The zero-order valence-electron chi connectivity index (χ0n) is 14.8. The van der Waals surface area contributed by atoms with Crippen LogP contribution in [0.3, 0.4) is 0 Å². The number of hydrogen-bond acceptors (Lipinski definition) is 1. The van der Waals surface area contributed by atoms with E-state index in [0.29, 0.717) is 6.42 Å². The number of fused-ring (bicyclic) bond motifs is 1. The fourth-order valence-corrected chi connectivity index (χ4v) is 3.93.